The van der Waals surface area contributed by atoms with Crippen molar-refractivity contribution in [3.8, 4) is 11.8 Å². The number of nitrogens with zero attached hydrogens (tertiary/aromatic N) is 1. The highest BCUT2D eigenvalue weighted by Gasteiger charge is 2.03. The van der Waals surface area contributed by atoms with Crippen LogP contribution in [0.25, 0.3) is 0 Å². The summed E-state index contributed by atoms with van der Waals surface area (Å²) in [6.45, 7) is 0.603. The van der Waals surface area contributed by atoms with Crippen molar-refractivity contribution in [3.63, 3.8) is 0 Å². The largest absolute Gasteiger partial charge is 0.395 e. The molecule has 0 aromatic carbocycles. The van der Waals surface area contributed by atoms with Gasteiger partial charge in [0.25, 0.3) is 0 Å². The average molecular weight is 252 g/mol. The topological polar surface area (TPSA) is 52.6 Å². The number of nitrogens with one attached hydrogen (secondary N) is 1. The first-order valence-corrected chi connectivity index (χ1v) is 6.13. The maximum Gasteiger partial charge on any atom is 0.317 e. The highest BCUT2D eigenvalue weighted by molar-refractivity contribution is 7.10. The summed E-state index contributed by atoms with van der Waals surface area (Å²) in [5.41, 5.74) is 0.928. The zero-order valence-corrected chi connectivity index (χ0v) is 10.8. The van der Waals surface area contributed by atoms with Crippen LogP contribution in [0.5, 0.6) is 0 Å². The van der Waals surface area contributed by atoms with Gasteiger partial charge in [-0.3, -0.25) is 0 Å². The minimum atomic E-state index is -0.105. The lowest BCUT2D eigenvalue weighted by molar-refractivity contribution is 0.217. The summed E-state index contributed by atoms with van der Waals surface area (Å²) in [4.78, 5) is 13.9. The lowest BCUT2D eigenvalue weighted by atomic mass is 10.3. The van der Waals surface area contributed by atoms with E-state index in [1.165, 1.54) is 4.90 Å². The predicted octanol–water partition coefficient (Wildman–Crippen LogP) is 1.25. The fourth-order valence-electron chi connectivity index (χ4n) is 1.08. The molecule has 0 unspecified atom stereocenters. The van der Waals surface area contributed by atoms with E-state index in [0.29, 0.717) is 13.0 Å². The van der Waals surface area contributed by atoms with Gasteiger partial charge >= 0.3 is 6.03 Å². The molecule has 1 heterocycles. The van der Waals surface area contributed by atoms with Crippen molar-refractivity contribution in [2.75, 3.05) is 20.7 Å². The van der Waals surface area contributed by atoms with Gasteiger partial charge in [-0.05, 0) is 6.07 Å². The lowest BCUT2D eigenvalue weighted by Crippen LogP contribution is -2.33. The first kappa shape index (κ1) is 13.6. The number of carbonyl (C=O) groups excluding carboxylic acids is 1. The molecular formula is C12H16N2O2S. The molecule has 2 N–H and O–H groups in total. The van der Waals surface area contributed by atoms with Crippen molar-refractivity contribution < 1.29 is 9.90 Å². The SMILES string of the molecule is CN(C)C(=O)NCc1cc(C#CCCO)cs1. The maximum absolute atomic E-state index is 11.3. The van der Waals surface area contributed by atoms with Gasteiger partial charge in [0.2, 0.25) is 0 Å². The van der Waals surface area contributed by atoms with E-state index < -0.39 is 0 Å². The Kier molecular flexibility index (Phi) is 5.53. The smallest absolute Gasteiger partial charge is 0.317 e. The Morgan fingerprint density at radius 2 is 2.35 bits per heavy atom. The molecule has 0 radical (unpaired) electrons. The van der Waals surface area contributed by atoms with E-state index in [4.69, 9.17) is 5.11 Å². The fourth-order valence-corrected chi connectivity index (χ4v) is 1.84. The molecule has 0 fully saturated rings. The number of amides is 2. The minimum absolute atomic E-state index is 0.0862. The second-order valence-corrected chi connectivity index (χ2v) is 4.63. The Balaban J connectivity index is 2.47. The molecule has 4 nitrogen and oxygen atoms in total. The molecular weight excluding hydrogens is 236 g/mol. The van der Waals surface area contributed by atoms with Gasteiger partial charge < -0.3 is 15.3 Å². The molecule has 2 amide bonds. The summed E-state index contributed by atoms with van der Waals surface area (Å²) in [6, 6.07) is 1.84. The summed E-state index contributed by atoms with van der Waals surface area (Å²) in [6.07, 6.45) is 0.489. The van der Waals surface area contributed by atoms with Gasteiger partial charge in [0.05, 0.1) is 13.2 Å². The van der Waals surface area contributed by atoms with Gasteiger partial charge in [0, 0.05) is 36.3 Å². The fraction of sp³-hybridized carbons (Fsp3) is 0.417. The molecule has 0 bridgehead atoms. The van der Waals surface area contributed by atoms with Crippen molar-refractivity contribution >= 4 is 17.4 Å². The predicted molar refractivity (Wildman–Crippen MR) is 68.8 cm³/mol. The Bertz CT molecular complexity index is 429. The number of aliphatic hydroxyl groups excluding tert-OH is 1. The van der Waals surface area contributed by atoms with E-state index in [9.17, 15) is 4.79 Å². The number of hydrogen-bond acceptors (Lipinski definition) is 3. The third-order valence-electron chi connectivity index (χ3n) is 1.94. The van der Waals surface area contributed by atoms with Gasteiger partial charge in [-0.2, -0.15) is 0 Å². The van der Waals surface area contributed by atoms with E-state index in [1.807, 2.05) is 11.4 Å². The number of rotatable bonds is 3. The zero-order chi connectivity index (χ0) is 12.7. The van der Waals surface area contributed by atoms with Crippen LogP contribution in [0.1, 0.15) is 16.9 Å². The molecule has 1 aromatic rings. The van der Waals surface area contributed by atoms with Gasteiger partial charge in [0.1, 0.15) is 0 Å². The van der Waals surface area contributed by atoms with E-state index in [1.54, 1.807) is 25.4 Å². The Morgan fingerprint density at radius 1 is 1.59 bits per heavy atom. The van der Waals surface area contributed by atoms with E-state index in [0.717, 1.165) is 10.4 Å². The third-order valence-corrected chi connectivity index (χ3v) is 2.88. The molecule has 92 valence electrons. The molecule has 1 rings (SSSR count). The number of thiophene rings is 1. The Hall–Kier alpha value is -1.51. The third kappa shape index (κ3) is 4.89. The summed E-state index contributed by atoms with van der Waals surface area (Å²) < 4.78 is 0. The molecule has 0 atom stereocenters. The highest BCUT2D eigenvalue weighted by Crippen LogP contribution is 2.13. The normalized spacial score (nSPS) is 9.35. The summed E-state index contributed by atoms with van der Waals surface area (Å²) in [5.74, 6) is 5.81. The second-order valence-electron chi connectivity index (χ2n) is 3.63. The molecule has 0 aliphatic carbocycles. The van der Waals surface area contributed by atoms with Crippen LogP contribution >= 0.6 is 11.3 Å². The van der Waals surface area contributed by atoms with E-state index in [2.05, 4.69) is 17.2 Å². The second kappa shape index (κ2) is 6.94. The molecule has 0 aliphatic heterocycles. The zero-order valence-electron chi connectivity index (χ0n) is 9.99. The molecule has 0 spiro atoms. The van der Waals surface area contributed by atoms with Crippen molar-refractivity contribution in [1.29, 1.82) is 0 Å². The van der Waals surface area contributed by atoms with E-state index in [-0.39, 0.29) is 12.6 Å². The minimum Gasteiger partial charge on any atom is -0.395 e. The first-order valence-electron chi connectivity index (χ1n) is 5.25. The quantitative estimate of drug-likeness (QED) is 0.796. The standard InChI is InChI=1S/C12H16N2O2S/c1-14(2)12(16)13-8-11-7-10(9-17-11)5-3-4-6-15/h7,9,15H,4,6,8H2,1-2H3,(H,13,16). The van der Waals surface area contributed by atoms with Crippen molar-refractivity contribution in [2.24, 2.45) is 0 Å². The Morgan fingerprint density at radius 3 is 3.00 bits per heavy atom. The van der Waals surface area contributed by atoms with Crippen molar-refractivity contribution in [1.82, 2.24) is 10.2 Å². The highest BCUT2D eigenvalue weighted by atomic mass is 32.1. The lowest BCUT2D eigenvalue weighted by Gasteiger charge is -2.10. The van der Waals surface area contributed by atoms with Crippen molar-refractivity contribution in [2.45, 2.75) is 13.0 Å². The number of aliphatic hydroxyl groups is 1. The van der Waals surface area contributed by atoms with Gasteiger partial charge in [-0.15, -0.1) is 11.3 Å². The van der Waals surface area contributed by atoms with Crippen molar-refractivity contribution in [3.05, 3.63) is 21.9 Å². The maximum atomic E-state index is 11.3. The summed E-state index contributed by atoms with van der Waals surface area (Å²) >= 11 is 1.56. The van der Waals surface area contributed by atoms with Crippen LogP contribution in [0.3, 0.4) is 0 Å². The average Bonchev–Trinajstić information content (AvgIpc) is 2.74. The monoisotopic (exact) mass is 252 g/mol. The number of hydrogen-bond donors (Lipinski definition) is 2. The van der Waals surface area contributed by atoms with Gasteiger partial charge in [-0.1, -0.05) is 11.8 Å². The number of carbonyl (C=O) groups is 1. The van der Waals surface area contributed by atoms with Crippen LogP contribution in [0.15, 0.2) is 11.4 Å². The molecule has 17 heavy (non-hydrogen) atoms. The van der Waals surface area contributed by atoms with E-state index >= 15 is 0 Å². The molecule has 0 saturated carbocycles. The van der Waals surface area contributed by atoms with Crippen LogP contribution in [-0.2, 0) is 6.54 Å². The van der Waals surface area contributed by atoms with Gasteiger partial charge in [0.15, 0.2) is 0 Å². The molecule has 0 aliphatic rings. The summed E-state index contributed by atoms with van der Waals surface area (Å²) in [5, 5.41) is 13.3. The molecule has 5 heteroatoms. The first-order chi connectivity index (χ1) is 8.13. The van der Waals surface area contributed by atoms with Crippen LogP contribution in [-0.4, -0.2) is 36.7 Å². The van der Waals surface area contributed by atoms with Gasteiger partial charge in [-0.25, -0.2) is 4.79 Å². The summed E-state index contributed by atoms with van der Waals surface area (Å²) in [7, 11) is 3.41. The van der Waals surface area contributed by atoms with Crippen LogP contribution in [0, 0.1) is 11.8 Å². The molecule has 1 aromatic heterocycles. The number of urea groups is 1. The van der Waals surface area contributed by atoms with Crippen LogP contribution in [0.4, 0.5) is 4.79 Å². The molecule has 0 saturated heterocycles. The Labute approximate surface area is 105 Å². The van der Waals surface area contributed by atoms with Crippen LogP contribution in [0.2, 0.25) is 0 Å². The van der Waals surface area contributed by atoms with Crippen LogP contribution < -0.4 is 5.32 Å².